The largest absolute Gasteiger partial charge is 0.493 e. The maximum atomic E-state index is 14.9. The first-order valence-corrected chi connectivity index (χ1v) is 9.93. The maximum absolute atomic E-state index is 14.9. The van der Waals surface area contributed by atoms with Gasteiger partial charge in [-0.3, -0.25) is 4.68 Å². The summed E-state index contributed by atoms with van der Waals surface area (Å²) < 4.78 is 55.7. The first-order chi connectivity index (χ1) is 14.3. The van der Waals surface area contributed by atoms with Crippen molar-refractivity contribution in [1.29, 1.82) is 0 Å². The van der Waals surface area contributed by atoms with Crippen LogP contribution in [-0.4, -0.2) is 16.4 Å². The molecule has 1 aliphatic rings. The second-order valence-corrected chi connectivity index (χ2v) is 7.82. The molecule has 0 bridgehead atoms. The number of hydrogen-bond donors (Lipinski definition) is 0. The number of aromatic nitrogens is 2. The molecule has 158 valence electrons. The van der Waals surface area contributed by atoms with E-state index in [0.29, 0.717) is 23.8 Å². The molecule has 30 heavy (non-hydrogen) atoms. The van der Waals surface area contributed by atoms with Gasteiger partial charge in [0.15, 0.2) is 0 Å². The number of ether oxygens (including phenoxy) is 2. The second-order valence-electron chi connectivity index (χ2n) is 7.42. The van der Waals surface area contributed by atoms with Crippen LogP contribution in [0.3, 0.4) is 0 Å². The van der Waals surface area contributed by atoms with Crippen molar-refractivity contribution in [2.24, 2.45) is 13.0 Å². The molecule has 1 aromatic heterocycles. The standard InChI is InChI=1S/C22H20ClF3N2O2/c1-12-16(11-30-20-6-5-14(24)7-17(20)23)22(28(2)27-12)21-18(25)8-15(9-19(21)26)29-10-13-3-4-13/h5-9,13H,3-4,10-11H2,1-2H3. The topological polar surface area (TPSA) is 36.3 Å². The Kier molecular flexibility index (Phi) is 5.64. The summed E-state index contributed by atoms with van der Waals surface area (Å²) in [5.74, 6) is -1.08. The zero-order valence-corrected chi connectivity index (χ0v) is 17.3. The molecule has 1 heterocycles. The summed E-state index contributed by atoms with van der Waals surface area (Å²) in [6, 6.07) is 6.12. The molecule has 2 aromatic carbocycles. The van der Waals surface area contributed by atoms with Gasteiger partial charge in [-0.15, -0.1) is 0 Å². The number of rotatable bonds is 7. The van der Waals surface area contributed by atoms with Crippen LogP contribution in [0.2, 0.25) is 5.02 Å². The number of aryl methyl sites for hydroxylation is 2. The van der Waals surface area contributed by atoms with Gasteiger partial charge < -0.3 is 9.47 Å². The fraction of sp³-hybridized carbons (Fsp3) is 0.318. The molecule has 0 unspecified atom stereocenters. The predicted octanol–water partition coefficient (Wildman–Crippen LogP) is 5.83. The van der Waals surface area contributed by atoms with E-state index in [1.807, 2.05) is 0 Å². The highest BCUT2D eigenvalue weighted by molar-refractivity contribution is 6.32. The van der Waals surface area contributed by atoms with E-state index >= 15 is 0 Å². The van der Waals surface area contributed by atoms with Gasteiger partial charge in [0.2, 0.25) is 0 Å². The summed E-state index contributed by atoms with van der Waals surface area (Å²) >= 11 is 6.00. The van der Waals surface area contributed by atoms with Crippen molar-refractivity contribution < 1.29 is 22.6 Å². The summed E-state index contributed by atoms with van der Waals surface area (Å²) in [7, 11) is 1.60. The number of nitrogens with zero attached hydrogens (tertiary/aromatic N) is 2. The van der Waals surface area contributed by atoms with Gasteiger partial charge in [0.05, 0.1) is 28.6 Å². The van der Waals surface area contributed by atoms with E-state index in [1.165, 1.54) is 28.9 Å². The SMILES string of the molecule is Cc1nn(C)c(-c2c(F)cc(OCC3CC3)cc2F)c1COc1ccc(F)cc1Cl. The Morgan fingerprint density at radius 2 is 1.80 bits per heavy atom. The minimum Gasteiger partial charge on any atom is -0.493 e. The van der Waals surface area contributed by atoms with Crippen molar-refractivity contribution in [3.05, 3.63) is 64.1 Å². The van der Waals surface area contributed by atoms with Gasteiger partial charge in [0.25, 0.3) is 0 Å². The summed E-state index contributed by atoms with van der Waals surface area (Å²) in [5, 5.41) is 4.39. The van der Waals surface area contributed by atoms with Crippen LogP contribution in [-0.2, 0) is 13.7 Å². The Balaban J connectivity index is 1.64. The molecule has 3 aromatic rings. The highest BCUT2D eigenvalue weighted by Crippen LogP contribution is 2.35. The monoisotopic (exact) mass is 436 g/mol. The highest BCUT2D eigenvalue weighted by Gasteiger charge is 2.25. The van der Waals surface area contributed by atoms with Crippen LogP contribution in [0, 0.1) is 30.3 Å². The lowest BCUT2D eigenvalue weighted by Gasteiger charge is -2.13. The van der Waals surface area contributed by atoms with Crippen molar-refractivity contribution in [2.75, 3.05) is 6.61 Å². The molecule has 0 aliphatic heterocycles. The van der Waals surface area contributed by atoms with Gasteiger partial charge >= 0.3 is 0 Å². The Labute approximate surface area is 177 Å². The van der Waals surface area contributed by atoms with E-state index in [4.69, 9.17) is 21.1 Å². The van der Waals surface area contributed by atoms with Crippen LogP contribution in [0.1, 0.15) is 24.1 Å². The fourth-order valence-electron chi connectivity index (χ4n) is 3.29. The van der Waals surface area contributed by atoms with E-state index in [9.17, 15) is 13.2 Å². The van der Waals surface area contributed by atoms with Crippen molar-refractivity contribution in [3.8, 4) is 22.8 Å². The average molecular weight is 437 g/mol. The minimum atomic E-state index is -0.745. The number of halogens is 4. The minimum absolute atomic E-state index is 0.0425. The molecule has 8 heteroatoms. The molecule has 0 saturated heterocycles. The van der Waals surface area contributed by atoms with Crippen LogP contribution < -0.4 is 9.47 Å². The quantitative estimate of drug-likeness (QED) is 0.467. The molecule has 0 spiro atoms. The Bertz CT molecular complexity index is 1070. The smallest absolute Gasteiger partial charge is 0.139 e. The van der Waals surface area contributed by atoms with Gasteiger partial charge in [0.1, 0.15) is 35.6 Å². The summed E-state index contributed by atoms with van der Waals surface area (Å²) in [4.78, 5) is 0. The van der Waals surface area contributed by atoms with E-state index in [-0.39, 0.29) is 34.4 Å². The molecular weight excluding hydrogens is 417 g/mol. The van der Waals surface area contributed by atoms with E-state index in [0.717, 1.165) is 18.9 Å². The van der Waals surface area contributed by atoms with Crippen LogP contribution in [0.15, 0.2) is 30.3 Å². The van der Waals surface area contributed by atoms with Gasteiger partial charge in [-0.1, -0.05) is 11.6 Å². The third kappa shape index (κ3) is 4.26. The molecule has 1 aliphatic carbocycles. The van der Waals surface area contributed by atoms with Crippen LogP contribution in [0.25, 0.3) is 11.3 Å². The Morgan fingerprint density at radius 1 is 1.10 bits per heavy atom. The summed E-state index contributed by atoms with van der Waals surface area (Å²) in [5.41, 5.74) is 1.11. The molecule has 1 saturated carbocycles. The average Bonchev–Trinajstić information content (AvgIpc) is 3.45. The predicted molar refractivity (Wildman–Crippen MR) is 107 cm³/mol. The molecule has 4 nitrogen and oxygen atoms in total. The third-order valence-corrected chi connectivity index (χ3v) is 5.34. The normalized spacial score (nSPS) is 13.5. The lowest BCUT2D eigenvalue weighted by atomic mass is 10.0. The third-order valence-electron chi connectivity index (χ3n) is 5.05. The summed E-state index contributed by atoms with van der Waals surface area (Å²) in [6.07, 6.45) is 2.16. The first-order valence-electron chi connectivity index (χ1n) is 9.56. The first kappa shape index (κ1) is 20.6. The van der Waals surface area contributed by atoms with E-state index < -0.39 is 17.5 Å². The fourth-order valence-corrected chi connectivity index (χ4v) is 3.51. The lowest BCUT2D eigenvalue weighted by molar-refractivity contribution is 0.296. The molecule has 0 radical (unpaired) electrons. The van der Waals surface area contributed by atoms with E-state index in [1.54, 1.807) is 14.0 Å². The molecule has 0 N–H and O–H groups in total. The maximum Gasteiger partial charge on any atom is 0.139 e. The molecule has 4 rings (SSSR count). The Morgan fingerprint density at radius 3 is 2.43 bits per heavy atom. The van der Waals surface area contributed by atoms with Crippen molar-refractivity contribution in [3.63, 3.8) is 0 Å². The van der Waals surface area contributed by atoms with Gasteiger partial charge in [-0.2, -0.15) is 5.10 Å². The number of benzene rings is 2. The second kappa shape index (κ2) is 8.22. The molecule has 1 fully saturated rings. The zero-order chi connectivity index (χ0) is 21.4. The van der Waals surface area contributed by atoms with Crippen molar-refractivity contribution in [2.45, 2.75) is 26.4 Å². The molecule has 0 amide bonds. The molecular formula is C22H20ClF3N2O2. The summed E-state index contributed by atoms with van der Waals surface area (Å²) in [6.45, 7) is 2.14. The zero-order valence-electron chi connectivity index (χ0n) is 16.5. The molecule has 0 atom stereocenters. The number of hydrogen-bond acceptors (Lipinski definition) is 3. The lowest BCUT2D eigenvalue weighted by Crippen LogP contribution is -2.05. The van der Waals surface area contributed by atoms with Gasteiger partial charge in [0, 0.05) is 24.7 Å². The van der Waals surface area contributed by atoms with Crippen LogP contribution >= 0.6 is 11.6 Å². The highest BCUT2D eigenvalue weighted by atomic mass is 35.5. The Hall–Kier alpha value is -2.67. The van der Waals surface area contributed by atoms with Crippen LogP contribution in [0.5, 0.6) is 11.5 Å². The van der Waals surface area contributed by atoms with Gasteiger partial charge in [-0.25, -0.2) is 13.2 Å². The van der Waals surface area contributed by atoms with Crippen LogP contribution in [0.4, 0.5) is 13.2 Å². The van der Waals surface area contributed by atoms with Gasteiger partial charge in [-0.05, 0) is 43.9 Å². The van der Waals surface area contributed by atoms with E-state index in [2.05, 4.69) is 5.10 Å². The van der Waals surface area contributed by atoms with Crippen molar-refractivity contribution in [1.82, 2.24) is 9.78 Å². The van der Waals surface area contributed by atoms with Crippen molar-refractivity contribution >= 4 is 11.6 Å².